The lowest BCUT2D eigenvalue weighted by molar-refractivity contribution is 1.38. The summed E-state index contributed by atoms with van der Waals surface area (Å²) >= 11 is 0. The number of aryl methyl sites for hydroxylation is 4. The van der Waals surface area contributed by atoms with Gasteiger partial charge < -0.3 is 0 Å². The van der Waals surface area contributed by atoms with Crippen LogP contribution in [0.5, 0.6) is 0 Å². The Kier molecular flexibility index (Phi) is 5.31. The molecule has 0 N–H and O–H groups in total. The molecule has 1 aliphatic heterocycles. The number of benzene rings is 4. The number of rotatable bonds is 4. The Morgan fingerprint density at radius 2 is 0.656 bits per heavy atom. The molecule has 0 radical (unpaired) electrons. The van der Waals surface area contributed by atoms with E-state index in [1.165, 1.54) is 33.6 Å². The lowest BCUT2D eigenvalue weighted by Crippen LogP contribution is -2.82. The Hall–Kier alpha value is -2.69. The van der Waals surface area contributed by atoms with Gasteiger partial charge in [0.2, 0.25) is 0 Å². The first-order valence-electron chi connectivity index (χ1n) is 11.7. The Labute approximate surface area is 195 Å². The smallest absolute Gasteiger partial charge is 0.0626 e. The summed E-state index contributed by atoms with van der Waals surface area (Å²) < 4.78 is 0. The molecule has 5 rings (SSSR count). The molecule has 0 atom stereocenters. The van der Waals surface area contributed by atoms with Gasteiger partial charge in [0.15, 0.2) is 0 Å². The largest absolute Gasteiger partial charge is 0.114 e. The third-order valence-corrected chi connectivity index (χ3v) is 22.8. The van der Waals surface area contributed by atoms with Crippen LogP contribution in [0.2, 0.25) is 11.3 Å². The van der Waals surface area contributed by atoms with Crippen molar-refractivity contribution in [3.63, 3.8) is 0 Å². The Morgan fingerprint density at radius 1 is 0.406 bits per heavy atom. The van der Waals surface area contributed by atoms with Gasteiger partial charge in [-0.3, -0.25) is 0 Å². The molecule has 4 aromatic rings. The quantitative estimate of drug-likeness (QED) is 0.392. The van der Waals surface area contributed by atoms with Gasteiger partial charge in [-0.25, -0.2) is 0 Å². The van der Waals surface area contributed by atoms with E-state index < -0.39 is 16.1 Å². The highest BCUT2D eigenvalue weighted by Gasteiger charge is 2.60. The third kappa shape index (κ3) is 3.52. The van der Waals surface area contributed by atoms with Crippen molar-refractivity contribution in [3.05, 3.63) is 119 Å². The molecule has 160 valence electrons. The maximum absolute atomic E-state index is 2.49. The maximum atomic E-state index is 2.49. The van der Waals surface area contributed by atoms with Crippen molar-refractivity contribution in [1.29, 1.82) is 0 Å². The molecule has 0 unspecified atom stereocenters. The molecular formula is C30H32Si2. The van der Waals surface area contributed by atoms with Crippen LogP contribution in [0.1, 0.15) is 22.3 Å². The second-order valence-corrected chi connectivity index (χ2v) is 19.5. The topological polar surface area (TPSA) is 0 Å². The van der Waals surface area contributed by atoms with Crippen molar-refractivity contribution in [2.75, 3.05) is 0 Å². The minimum atomic E-state index is -1.83. The SMILES string of the molecule is Cc1cccc([Si]2(c3cccc(C)c3)C[Si](c3cccc(C)c3)(c3cccc(C)c3)C2)c1. The summed E-state index contributed by atoms with van der Waals surface area (Å²) in [5.74, 6) is 0. The molecule has 0 aromatic heterocycles. The van der Waals surface area contributed by atoms with E-state index in [1.807, 2.05) is 0 Å². The van der Waals surface area contributed by atoms with Gasteiger partial charge in [0.05, 0.1) is 0 Å². The van der Waals surface area contributed by atoms with Gasteiger partial charge in [0, 0.05) is 0 Å². The van der Waals surface area contributed by atoms with Crippen molar-refractivity contribution in [2.24, 2.45) is 0 Å². The molecule has 1 fully saturated rings. The molecule has 0 nitrogen and oxygen atoms in total. The van der Waals surface area contributed by atoms with Crippen LogP contribution in [-0.4, -0.2) is 16.1 Å². The van der Waals surface area contributed by atoms with Crippen LogP contribution in [0.3, 0.4) is 0 Å². The van der Waals surface area contributed by atoms with E-state index in [0.29, 0.717) is 0 Å². The van der Waals surface area contributed by atoms with Gasteiger partial charge in [-0.05, 0) is 39.0 Å². The molecule has 0 spiro atoms. The standard InChI is InChI=1S/C30H32Si2/c1-23-9-5-13-27(17-23)31(28-14-6-10-24(2)18-28)21-32(22-31,29-15-7-11-25(3)19-29)30-16-8-12-26(4)20-30/h5-20H,21-22H2,1-4H3. The lowest BCUT2D eigenvalue weighted by Gasteiger charge is -2.55. The lowest BCUT2D eigenvalue weighted by atomic mass is 10.2. The average molecular weight is 449 g/mol. The van der Waals surface area contributed by atoms with E-state index in [4.69, 9.17) is 0 Å². The molecule has 4 aromatic carbocycles. The Bertz CT molecular complexity index is 1090. The van der Waals surface area contributed by atoms with E-state index in [1.54, 1.807) is 20.7 Å². The van der Waals surface area contributed by atoms with Crippen LogP contribution in [-0.2, 0) is 0 Å². The zero-order valence-electron chi connectivity index (χ0n) is 19.7. The molecule has 0 aliphatic carbocycles. The monoisotopic (exact) mass is 448 g/mol. The summed E-state index contributed by atoms with van der Waals surface area (Å²) in [5.41, 5.74) is 8.25. The number of hydrogen-bond acceptors (Lipinski definition) is 0. The third-order valence-electron chi connectivity index (χ3n) is 7.49. The highest BCUT2D eigenvalue weighted by Crippen LogP contribution is 2.40. The predicted molar refractivity (Wildman–Crippen MR) is 144 cm³/mol. The zero-order valence-corrected chi connectivity index (χ0v) is 21.7. The first kappa shape index (κ1) is 21.2. The summed E-state index contributed by atoms with van der Waals surface area (Å²) in [6, 6.07) is 37.7. The van der Waals surface area contributed by atoms with Crippen molar-refractivity contribution in [2.45, 2.75) is 39.0 Å². The summed E-state index contributed by atoms with van der Waals surface area (Å²) in [6.45, 7) is 8.97. The van der Waals surface area contributed by atoms with Gasteiger partial charge >= 0.3 is 0 Å². The van der Waals surface area contributed by atoms with Crippen LogP contribution in [0.15, 0.2) is 97.1 Å². The molecule has 2 heteroatoms. The van der Waals surface area contributed by atoms with Crippen molar-refractivity contribution in [1.82, 2.24) is 0 Å². The summed E-state index contributed by atoms with van der Waals surface area (Å²) in [7, 11) is -3.66. The highest BCUT2D eigenvalue weighted by atomic mass is 28.5. The van der Waals surface area contributed by atoms with Gasteiger partial charge in [0.1, 0.15) is 16.1 Å². The van der Waals surface area contributed by atoms with E-state index >= 15 is 0 Å². The zero-order chi connectivity index (χ0) is 22.3. The summed E-state index contributed by atoms with van der Waals surface area (Å²) in [5, 5.41) is 6.47. The van der Waals surface area contributed by atoms with Crippen molar-refractivity contribution < 1.29 is 0 Å². The Morgan fingerprint density at radius 3 is 0.875 bits per heavy atom. The van der Waals surface area contributed by atoms with Crippen LogP contribution in [0, 0.1) is 27.7 Å². The predicted octanol–water partition coefficient (Wildman–Crippen LogP) is 4.84. The molecule has 32 heavy (non-hydrogen) atoms. The second-order valence-electron chi connectivity index (χ2n) is 10.00. The fraction of sp³-hybridized carbons (Fsp3) is 0.200. The molecular weight excluding hydrogens is 417 g/mol. The van der Waals surface area contributed by atoms with Gasteiger partial charge in [0.25, 0.3) is 0 Å². The molecule has 1 saturated heterocycles. The minimum absolute atomic E-state index is 1.36. The van der Waals surface area contributed by atoms with Crippen LogP contribution >= 0.6 is 0 Å². The van der Waals surface area contributed by atoms with Crippen molar-refractivity contribution >= 4 is 36.9 Å². The Balaban J connectivity index is 1.72. The van der Waals surface area contributed by atoms with Crippen LogP contribution in [0.4, 0.5) is 0 Å². The fourth-order valence-electron chi connectivity index (χ4n) is 5.90. The highest BCUT2D eigenvalue weighted by molar-refractivity contribution is 7.31. The van der Waals surface area contributed by atoms with E-state index in [2.05, 4.69) is 125 Å². The van der Waals surface area contributed by atoms with Crippen LogP contribution < -0.4 is 20.7 Å². The first-order valence-corrected chi connectivity index (χ1v) is 16.5. The molecule has 1 aliphatic rings. The summed E-state index contributed by atoms with van der Waals surface area (Å²) in [4.78, 5) is 0. The van der Waals surface area contributed by atoms with Gasteiger partial charge in [-0.15, -0.1) is 0 Å². The minimum Gasteiger partial charge on any atom is -0.0626 e. The van der Waals surface area contributed by atoms with E-state index in [-0.39, 0.29) is 0 Å². The second kappa shape index (κ2) is 8.02. The average Bonchev–Trinajstić information content (AvgIpc) is 2.74. The molecule has 1 heterocycles. The molecule has 0 bridgehead atoms. The van der Waals surface area contributed by atoms with E-state index in [9.17, 15) is 0 Å². The normalized spacial score (nSPS) is 16.4. The van der Waals surface area contributed by atoms with Gasteiger partial charge in [-0.1, -0.05) is 140 Å². The first-order chi connectivity index (χ1) is 15.4. The molecule has 0 amide bonds. The van der Waals surface area contributed by atoms with E-state index in [0.717, 1.165) is 0 Å². The maximum Gasteiger partial charge on any atom is 0.114 e. The van der Waals surface area contributed by atoms with Crippen LogP contribution in [0.25, 0.3) is 0 Å². The van der Waals surface area contributed by atoms with Gasteiger partial charge in [-0.2, -0.15) is 0 Å². The fourth-order valence-corrected chi connectivity index (χ4v) is 24.6. The van der Waals surface area contributed by atoms with Crippen molar-refractivity contribution in [3.8, 4) is 0 Å². The number of hydrogen-bond donors (Lipinski definition) is 0. The summed E-state index contributed by atoms with van der Waals surface area (Å²) in [6.07, 6.45) is 0. The molecule has 0 saturated carbocycles.